The second-order valence-corrected chi connectivity index (χ2v) is 9.59. The molecule has 0 saturated heterocycles. The van der Waals surface area contributed by atoms with Crippen LogP contribution >= 0.6 is 22.7 Å². The Kier molecular flexibility index (Phi) is 7.21. The number of hydrogen-bond acceptors (Lipinski definition) is 7. The van der Waals surface area contributed by atoms with Crippen LogP contribution in [0.4, 0.5) is 5.00 Å². The number of carbonyl (C=O) groups is 1. The van der Waals surface area contributed by atoms with Crippen LogP contribution in [0.25, 0.3) is 28.0 Å². The first kappa shape index (κ1) is 23.4. The molecule has 2 aromatic heterocycles. The molecule has 2 heterocycles. The van der Waals surface area contributed by atoms with Crippen molar-refractivity contribution in [3.63, 3.8) is 0 Å². The first-order valence-corrected chi connectivity index (χ1v) is 12.5. The highest BCUT2D eigenvalue weighted by Gasteiger charge is 2.20. The molecule has 0 aliphatic heterocycles. The van der Waals surface area contributed by atoms with Gasteiger partial charge in [-0.2, -0.15) is 5.26 Å². The molecule has 2 aromatic carbocycles. The molecule has 0 atom stereocenters. The van der Waals surface area contributed by atoms with Gasteiger partial charge in [-0.15, -0.1) is 22.7 Å². The molecular formula is C27H23N3O2S2. The predicted octanol–water partition coefficient (Wildman–Crippen LogP) is 7.31. The zero-order valence-electron chi connectivity index (χ0n) is 19.1. The molecule has 0 radical (unpaired) electrons. The molecule has 4 aromatic rings. The summed E-state index contributed by atoms with van der Waals surface area (Å²) < 4.78 is 5.20. The lowest BCUT2D eigenvalue weighted by Crippen LogP contribution is -2.07. The number of allylic oxidation sites excluding steroid dienone is 1. The van der Waals surface area contributed by atoms with Gasteiger partial charge in [-0.25, -0.2) is 9.78 Å². The van der Waals surface area contributed by atoms with E-state index in [1.807, 2.05) is 49.6 Å². The quantitative estimate of drug-likeness (QED) is 0.219. The van der Waals surface area contributed by atoms with E-state index in [1.165, 1.54) is 22.7 Å². The minimum atomic E-state index is -0.366. The summed E-state index contributed by atoms with van der Waals surface area (Å²) in [5.41, 5.74) is 5.90. The van der Waals surface area contributed by atoms with E-state index >= 15 is 0 Å². The number of aromatic nitrogens is 1. The molecule has 7 heteroatoms. The number of rotatable bonds is 7. The van der Waals surface area contributed by atoms with E-state index in [0.29, 0.717) is 27.8 Å². The fourth-order valence-corrected chi connectivity index (χ4v) is 5.26. The summed E-state index contributed by atoms with van der Waals surface area (Å²) >= 11 is 2.87. The van der Waals surface area contributed by atoms with Crippen molar-refractivity contribution >= 4 is 39.2 Å². The van der Waals surface area contributed by atoms with Crippen molar-refractivity contribution in [2.24, 2.45) is 0 Å². The molecular weight excluding hydrogens is 462 g/mol. The molecule has 34 heavy (non-hydrogen) atoms. The maximum atomic E-state index is 12.4. The van der Waals surface area contributed by atoms with E-state index in [0.717, 1.165) is 32.8 Å². The molecule has 0 fully saturated rings. The average molecular weight is 486 g/mol. The zero-order chi connectivity index (χ0) is 24.1. The summed E-state index contributed by atoms with van der Waals surface area (Å²) in [6, 6.07) is 20.6. The van der Waals surface area contributed by atoms with Gasteiger partial charge >= 0.3 is 5.97 Å². The Hall–Kier alpha value is -3.73. The van der Waals surface area contributed by atoms with Crippen LogP contribution in [0.2, 0.25) is 0 Å². The van der Waals surface area contributed by atoms with Crippen LogP contribution in [-0.4, -0.2) is 17.6 Å². The number of anilines is 1. The molecule has 0 saturated carbocycles. The lowest BCUT2D eigenvalue weighted by molar-refractivity contribution is 0.0527. The van der Waals surface area contributed by atoms with Crippen molar-refractivity contribution in [3.8, 4) is 28.5 Å². The maximum absolute atomic E-state index is 12.4. The fourth-order valence-electron chi connectivity index (χ4n) is 3.45. The van der Waals surface area contributed by atoms with Crippen LogP contribution < -0.4 is 5.32 Å². The van der Waals surface area contributed by atoms with Gasteiger partial charge in [0.15, 0.2) is 0 Å². The van der Waals surface area contributed by atoms with Crippen molar-refractivity contribution < 1.29 is 9.53 Å². The van der Waals surface area contributed by atoms with Crippen molar-refractivity contribution in [2.45, 2.75) is 20.8 Å². The van der Waals surface area contributed by atoms with E-state index in [4.69, 9.17) is 4.74 Å². The summed E-state index contributed by atoms with van der Waals surface area (Å²) in [6.45, 7) is 5.94. The fraction of sp³-hybridized carbons (Fsp3) is 0.148. The minimum absolute atomic E-state index is 0.306. The first-order chi connectivity index (χ1) is 16.5. The van der Waals surface area contributed by atoms with Gasteiger partial charge in [0.25, 0.3) is 0 Å². The molecule has 0 aliphatic carbocycles. The minimum Gasteiger partial charge on any atom is -0.462 e. The molecule has 170 valence electrons. The number of nitriles is 1. The summed E-state index contributed by atoms with van der Waals surface area (Å²) in [7, 11) is 0. The Balaban J connectivity index is 1.56. The van der Waals surface area contributed by atoms with Gasteiger partial charge in [0.2, 0.25) is 0 Å². The van der Waals surface area contributed by atoms with Gasteiger partial charge in [0.05, 0.1) is 17.9 Å². The topological polar surface area (TPSA) is 75.0 Å². The number of nitrogens with one attached hydrogen (secondary N) is 1. The summed E-state index contributed by atoms with van der Waals surface area (Å²) in [6.07, 6.45) is 1.61. The van der Waals surface area contributed by atoms with E-state index < -0.39 is 0 Å². The van der Waals surface area contributed by atoms with Crippen LogP contribution in [0.3, 0.4) is 0 Å². The predicted molar refractivity (Wildman–Crippen MR) is 140 cm³/mol. The average Bonchev–Trinajstić information content (AvgIpc) is 3.45. The second-order valence-electron chi connectivity index (χ2n) is 7.50. The SMILES string of the molecule is CCOC(=O)c1c(NC=C(C#N)c2nc(-c3ccc(-c4ccccc4)cc3)cs2)sc(C)c1C. The molecule has 5 nitrogen and oxygen atoms in total. The van der Waals surface area contributed by atoms with E-state index in [1.54, 1.807) is 13.1 Å². The number of hydrogen-bond donors (Lipinski definition) is 1. The third-order valence-electron chi connectivity index (χ3n) is 5.36. The third kappa shape index (κ3) is 4.93. The zero-order valence-corrected chi connectivity index (χ0v) is 20.7. The largest absolute Gasteiger partial charge is 0.462 e. The number of ether oxygens (including phenoxy) is 1. The molecule has 0 bridgehead atoms. The summed E-state index contributed by atoms with van der Waals surface area (Å²) in [5, 5.41) is 16.1. The standard InChI is InChI=1S/C27H23N3O2S2/c1-4-32-27(31)24-17(2)18(3)34-26(24)29-15-22(14-28)25-30-23(16-33-25)21-12-10-20(11-13-21)19-8-6-5-7-9-19/h5-13,15-16,29H,4H2,1-3H3. The number of carbonyl (C=O) groups excluding carboxylic acids is 1. The monoisotopic (exact) mass is 485 g/mol. The van der Waals surface area contributed by atoms with Gasteiger partial charge < -0.3 is 10.1 Å². The van der Waals surface area contributed by atoms with Crippen LogP contribution in [0.5, 0.6) is 0 Å². The molecule has 1 N–H and O–H groups in total. The van der Waals surface area contributed by atoms with Crippen LogP contribution in [0, 0.1) is 25.2 Å². The maximum Gasteiger partial charge on any atom is 0.341 e. The molecule has 0 spiro atoms. The van der Waals surface area contributed by atoms with Gasteiger partial charge in [-0.1, -0.05) is 54.6 Å². The number of esters is 1. The Labute approximate surface area is 207 Å². The van der Waals surface area contributed by atoms with Crippen LogP contribution in [0.1, 0.15) is 32.7 Å². The first-order valence-electron chi connectivity index (χ1n) is 10.8. The van der Waals surface area contributed by atoms with Gasteiger partial charge in [0, 0.05) is 22.0 Å². The lowest BCUT2D eigenvalue weighted by atomic mass is 10.0. The normalized spacial score (nSPS) is 11.2. The van der Waals surface area contributed by atoms with Crippen LogP contribution in [0.15, 0.2) is 66.2 Å². The number of benzene rings is 2. The Morgan fingerprint density at radius 1 is 1.09 bits per heavy atom. The van der Waals surface area contributed by atoms with Crippen LogP contribution in [-0.2, 0) is 4.74 Å². The third-order valence-corrected chi connectivity index (χ3v) is 7.37. The highest BCUT2D eigenvalue weighted by Crippen LogP contribution is 2.34. The lowest BCUT2D eigenvalue weighted by Gasteiger charge is -2.05. The smallest absolute Gasteiger partial charge is 0.341 e. The van der Waals surface area contributed by atoms with E-state index in [9.17, 15) is 10.1 Å². The van der Waals surface area contributed by atoms with Crippen molar-refractivity contribution in [1.82, 2.24) is 4.98 Å². The van der Waals surface area contributed by atoms with Crippen molar-refractivity contribution in [3.05, 3.63) is 87.2 Å². The van der Waals surface area contributed by atoms with Gasteiger partial charge in [0.1, 0.15) is 21.7 Å². The Bertz CT molecular complexity index is 1380. The van der Waals surface area contributed by atoms with Gasteiger partial charge in [-0.3, -0.25) is 0 Å². The Morgan fingerprint density at radius 3 is 2.44 bits per heavy atom. The van der Waals surface area contributed by atoms with Crippen molar-refractivity contribution in [2.75, 3.05) is 11.9 Å². The highest BCUT2D eigenvalue weighted by molar-refractivity contribution is 7.16. The number of thiazole rings is 1. The second kappa shape index (κ2) is 10.5. The molecule has 0 aliphatic rings. The molecule has 0 unspecified atom stereocenters. The highest BCUT2D eigenvalue weighted by atomic mass is 32.1. The number of nitrogens with zero attached hydrogens (tertiary/aromatic N) is 2. The van der Waals surface area contributed by atoms with E-state index in [-0.39, 0.29) is 5.97 Å². The van der Waals surface area contributed by atoms with E-state index in [2.05, 4.69) is 40.6 Å². The summed E-state index contributed by atoms with van der Waals surface area (Å²) in [4.78, 5) is 18.1. The van der Waals surface area contributed by atoms with Gasteiger partial charge in [-0.05, 0) is 37.5 Å². The summed E-state index contributed by atoms with van der Waals surface area (Å²) in [5.74, 6) is -0.366. The number of aryl methyl sites for hydroxylation is 1. The number of thiophene rings is 1. The Morgan fingerprint density at radius 2 is 1.76 bits per heavy atom. The van der Waals surface area contributed by atoms with Crippen molar-refractivity contribution in [1.29, 1.82) is 5.26 Å². The molecule has 0 amide bonds. The molecule has 4 rings (SSSR count).